The van der Waals surface area contributed by atoms with Gasteiger partial charge in [-0.2, -0.15) is 0 Å². The van der Waals surface area contributed by atoms with Crippen LogP contribution in [-0.2, 0) is 11.2 Å². The van der Waals surface area contributed by atoms with Crippen molar-refractivity contribution in [2.75, 3.05) is 6.61 Å². The fourth-order valence-electron chi connectivity index (χ4n) is 4.28. The lowest BCUT2D eigenvalue weighted by Gasteiger charge is -2.27. The summed E-state index contributed by atoms with van der Waals surface area (Å²) in [4.78, 5) is 10.9. The van der Waals surface area contributed by atoms with E-state index in [0.29, 0.717) is 18.9 Å². The number of rotatable bonds is 8. The lowest BCUT2D eigenvalue weighted by atomic mass is 9.80. The first-order valence-corrected chi connectivity index (χ1v) is 11.2. The van der Waals surface area contributed by atoms with Gasteiger partial charge >= 0.3 is 5.97 Å². The third-order valence-corrected chi connectivity index (χ3v) is 6.65. The number of aliphatic carboxylic acids is 1. The third kappa shape index (κ3) is 5.46. The Morgan fingerprint density at radius 3 is 2.53 bits per heavy atom. The van der Waals surface area contributed by atoms with Crippen LogP contribution in [0.1, 0.15) is 61.3 Å². The van der Waals surface area contributed by atoms with Crippen molar-refractivity contribution in [2.24, 2.45) is 5.92 Å². The fraction of sp³-hybridized carbons (Fsp3) is 0.423. The lowest BCUT2D eigenvalue weighted by molar-refractivity contribution is -0.136. The molecule has 3 nitrogen and oxygen atoms in total. The van der Waals surface area contributed by atoms with E-state index in [0.717, 1.165) is 40.3 Å². The minimum atomic E-state index is -0.767. The first-order valence-electron chi connectivity index (χ1n) is 10.8. The smallest absolute Gasteiger partial charge is 0.303 e. The molecular formula is C26H31ClO3. The summed E-state index contributed by atoms with van der Waals surface area (Å²) in [6.07, 6.45) is 5.25. The van der Waals surface area contributed by atoms with Crippen molar-refractivity contribution < 1.29 is 14.6 Å². The van der Waals surface area contributed by atoms with E-state index >= 15 is 0 Å². The molecule has 0 bridgehead atoms. The lowest BCUT2D eigenvalue weighted by Crippen LogP contribution is -2.15. The SMILES string of the molecule is CCC1CCC(c2ccc(Cl)cc2)=C(COc2ccc(CCC(=O)O)c(C)c2C)C1. The van der Waals surface area contributed by atoms with Gasteiger partial charge in [-0.25, -0.2) is 0 Å². The van der Waals surface area contributed by atoms with Crippen LogP contribution >= 0.6 is 11.6 Å². The zero-order valence-corrected chi connectivity index (χ0v) is 18.9. The molecule has 0 heterocycles. The highest BCUT2D eigenvalue weighted by Crippen LogP contribution is 2.37. The molecule has 160 valence electrons. The second-order valence-corrected chi connectivity index (χ2v) is 8.70. The molecule has 3 rings (SSSR count). The van der Waals surface area contributed by atoms with Crippen LogP contribution in [0.15, 0.2) is 42.0 Å². The molecular weight excluding hydrogens is 396 g/mol. The van der Waals surface area contributed by atoms with E-state index in [4.69, 9.17) is 21.4 Å². The van der Waals surface area contributed by atoms with Gasteiger partial charge in [0.25, 0.3) is 0 Å². The quantitative estimate of drug-likeness (QED) is 0.493. The fourth-order valence-corrected chi connectivity index (χ4v) is 4.40. The first-order chi connectivity index (χ1) is 14.4. The summed E-state index contributed by atoms with van der Waals surface area (Å²) in [5.41, 5.74) is 7.30. The van der Waals surface area contributed by atoms with E-state index in [9.17, 15) is 4.79 Å². The summed E-state index contributed by atoms with van der Waals surface area (Å²) < 4.78 is 6.31. The second-order valence-electron chi connectivity index (χ2n) is 8.26. The summed E-state index contributed by atoms with van der Waals surface area (Å²) >= 11 is 6.09. The zero-order valence-electron chi connectivity index (χ0n) is 18.1. The first kappa shape index (κ1) is 22.4. The van der Waals surface area contributed by atoms with E-state index in [1.807, 2.05) is 31.2 Å². The summed E-state index contributed by atoms with van der Waals surface area (Å²) in [6.45, 7) is 6.95. The predicted molar refractivity (Wildman–Crippen MR) is 123 cm³/mol. The number of hydrogen-bond donors (Lipinski definition) is 1. The minimum absolute atomic E-state index is 0.149. The van der Waals surface area contributed by atoms with Crippen LogP contribution in [0.3, 0.4) is 0 Å². The summed E-state index contributed by atoms with van der Waals surface area (Å²) in [5, 5.41) is 9.71. The molecule has 1 N–H and O–H groups in total. The zero-order chi connectivity index (χ0) is 21.7. The van der Waals surface area contributed by atoms with Crippen molar-refractivity contribution in [3.05, 3.63) is 69.2 Å². The maximum absolute atomic E-state index is 10.9. The van der Waals surface area contributed by atoms with Crippen LogP contribution in [-0.4, -0.2) is 17.7 Å². The van der Waals surface area contributed by atoms with Gasteiger partial charge in [0.05, 0.1) is 0 Å². The second kappa shape index (κ2) is 10.2. The minimum Gasteiger partial charge on any atom is -0.489 e. The van der Waals surface area contributed by atoms with Gasteiger partial charge in [-0.15, -0.1) is 0 Å². The van der Waals surface area contributed by atoms with Crippen LogP contribution in [0, 0.1) is 19.8 Å². The highest BCUT2D eigenvalue weighted by molar-refractivity contribution is 6.30. The molecule has 1 aliphatic carbocycles. The van der Waals surface area contributed by atoms with Gasteiger partial charge in [0.15, 0.2) is 0 Å². The Bertz CT molecular complexity index is 928. The molecule has 0 fully saturated rings. The number of carboxylic acid groups (broad SMARTS) is 1. The number of allylic oxidation sites excluding steroid dienone is 1. The molecule has 0 saturated heterocycles. The van der Waals surface area contributed by atoms with Gasteiger partial charge in [0.2, 0.25) is 0 Å². The number of carbonyl (C=O) groups is 1. The number of benzene rings is 2. The van der Waals surface area contributed by atoms with E-state index in [1.54, 1.807) is 0 Å². The molecule has 0 aliphatic heterocycles. The Balaban J connectivity index is 1.81. The van der Waals surface area contributed by atoms with Gasteiger partial charge in [-0.05, 0) is 97.0 Å². The molecule has 4 heteroatoms. The van der Waals surface area contributed by atoms with Gasteiger partial charge < -0.3 is 9.84 Å². The van der Waals surface area contributed by atoms with Gasteiger partial charge in [-0.3, -0.25) is 4.79 Å². The van der Waals surface area contributed by atoms with Crippen LogP contribution in [0.4, 0.5) is 0 Å². The Morgan fingerprint density at radius 1 is 1.13 bits per heavy atom. The molecule has 1 atom stereocenters. The Kier molecular flexibility index (Phi) is 7.60. The highest BCUT2D eigenvalue weighted by atomic mass is 35.5. The normalized spacial score (nSPS) is 16.6. The molecule has 0 amide bonds. The summed E-state index contributed by atoms with van der Waals surface area (Å²) in [7, 11) is 0. The standard InChI is InChI=1S/C26H31ClO3/c1-4-19-5-12-24(21-6-10-23(27)11-7-21)22(15-19)16-30-25-13-8-20(9-14-26(28)29)17(2)18(25)3/h6-8,10-11,13,19H,4-5,9,12,14-16H2,1-3H3,(H,28,29). The molecule has 0 spiro atoms. The van der Waals surface area contributed by atoms with Gasteiger partial charge in [0, 0.05) is 11.4 Å². The van der Waals surface area contributed by atoms with Gasteiger partial charge in [0.1, 0.15) is 12.4 Å². The molecule has 2 aromatic rings. The number of halogens is 1. The largest absolute Gasteiger partial charge is 0.489 e. The van der Waals surface area contributed by atoms with Gasteiger partial charge in [-0.1, -0.05) is 43.1 Å². The molecule has 0 radical (unpaired) electrons. The van der Waals surface area contributed by atoms with E-state index in [-0.39, 0.29) is 6.42 Å². The Labute approximate surface area is 184 Å². The molecule has 2 aromatic carbocycles. The number of carboxylic acids is 1. The monoisotopic (exact) mass is 426 g/mol. The molecule has 30 heavy (non-hydrogen) atoms. The molecule has 1 aliphatic rings. The van der Waals surface area contributed by atoms with Crippen LogP contribution in [0.2, 0.25) is 5.02 Å². The van der Waals surface area contributed by atoms with E-state index < -0.39 is 5.97 Å². The topological polar surface area (TPSA) is 46.5 Å². The van der Waals surface area contributed by atoms with Crippen molar-refractivity contribution >= 4 is 23.1 Å². The summed E-state index contributed by atoms with van der Waals surface area (Å²) in [5.74, 6) is 0.825. The number of aryl methyl sites for hydroxylation is 1. The Hall–Kier alpha value is -2.26. The number of hydrogen-bond acceptors (Lipinski definition) is 2. The maximum atomic E-state index is 10.9. The van der Waals surface area contributed by atoms with Crippen molar-refractivity contribution in [1.29, 1.82) is 0 Å². The van der Waals surface area contributed by atoms with Crippen molar-refractivity contribution in [1.82, 2.24) is 0 Å². The molecule has 0 saturated carbocycles. The molecule has 1 unspecified atom stereocenters. The van der Waals surface area contributed by atoms with E-state index in [1.165, 1.54) is 29.6 Å². The van der Waals surface area contributed by atoms with E-state index in [2.05, 4.69) is 26.0 Å². The molecule has 0 aromatic heterocycles. The average molecular weight is 427 g/mol. The maximum Gasteiger partial charge on any atom is 0.303 e. The average Bonchev–Trinajstić information content (AvgIpc) is 2.74. The van der Waals surface area contributed by atoms with Crippen LogP contribution in [0.5, 0.6) is 5.75 Å². The summed E-state index contributed by atoms with van der Waals surface area (Å²) in [6, 6.07) is 12.1. The van der Waals surface area contributed by atoms with Crippen molar-refractivity contribution in [2.45, 2.75) is 59.3 Å². The van der Waals surface area contributed by atoms with Crippen LogP contribution < -0.4 is 4.74 Å². The van der Waals surface area contributed by atoms with Crippen molar-refractivity contribution in [3.8, 4) is 5.75 Å². The predicted octanol–water partition coefficient (Wildman–Crippen LogP) is 7.02. The highest BCUT2D eigenvalue weighted by Gasteiger charge is 2.22. The van der Waals surface area contributed by atoms with Crippen molar-refractivity contribution in [3.63, 3.8) is 0 Å². The number of ether oxygens (including phenoxy) is 1. The third-order valence-electron chi connectivity index (χ3n) is 6.39. The van der Waals surface area contributed by atoms with Crippen LogP contribution in [0.25, 0.3) is 5.57 Å². The Morgan fingerprint density at radius 2 is 1.87 bits per heavy atom.